The number of likely N-dealkylation sites (tertiary alicyclic amines) is 1. The molecule has 196 valence electrons. The van der Waals surface area contributed by atoms with E-state index in [1.54, 1.807) is 5.56 Å². The van der Waals surface area contributed by atoms with Crippen molar-refractivity contribution in [1.82, 2.24) is 14.7 Å². The van der Waals surface area contributed by atoms with Gasteiger partial charge in [0.15, 0.2) is 5.60 Å². The number of aryl methyl sites for hydroxylation is 1. The van der Waals surface area contributed by atoms with Crippen LogP contribution >= 0.6 is 0 Å². The molecule has 1 aliphatic heterocycles. The molecule has 1 unspecified atom stereocenters. The average Bonchev–Trinajstić information content (AvgIpc) is 3.50. The van der Waals surface area contributed by atoms with Crippen LogP contribution < -0.4 is 0 Å². The molecule has 0 radical (unpaired) electrons. The Hall–Kier alpha value is -3.24. The fraction of sp³-hybridized carbons (Fsp3) is 0.538. The number of benzene rings is 1. The number of aliphatic hydroxyl groups is 1. The van der Waals surface area contributed by atoms with Gasteiger partial charge in [0.2, 0.25) is 0 Å². The predicted molar refractivity (Wildman–Crippen MR) is 130 cm³/mol. The van der Waals surface area contributed by atoms with E-state index in [1.165, 1.54) is 50.0 Å². The summed E-state index contributed by atoms with van der Waals surface area (Å²) in [4.78, 5) is 33.2. The van der Waals surface area contributed by atoms with Gasteiger partial charge in [-0.25, -0.2) is 4.79 Å². The number of aliphatic carboxylic acids is 3. The first-order valence-corrected chi connectivity index (χ1v) is 12.1. The molecule has 10 heteroatoms. The number of carboxylic acid groups (broad SMARTS) is 3. The summed E-state index contributed by atoms with van der Waals surface area (Å²) in [5, 5.41) is 38.2. The minimum absolute atomic E-state index is 0.511. The number of nitrogens with zero attached hydrogens (tertiary/aromatic N) is 3. The van der Waals surface area contributed by atoms with E-state index in [2.05, 4.69) is 47.3 Å². The smallest absolute Gasteiger partial charge is 0.336 e. The maximum absolute atomic E-state index is 10.3. The Morgan fingerprint density at radius 1 is 1.06 bits per heavy atom. The van der Waals surface area contributed by atoms with Gasteiger partial charge in [-0.2, -0.15) is 5.10 Å². The van der Waals surface area contributed by atoms with Crippen molar-refractivity contribution >= 4 is 17.9 Å². The van der Waals surface area contributed by atoms with Gasteiger partial charge < -0.3 is 20.4 Å². The minimum atomic E-state index is -2.74. The van der Waals surface area contributed by atoms with Crippen molar-refractivity contribution in [3.63, 3.8) is 0 Å². The van der Waals surface area contributed by atoms with Crippen LogP contribution in [0.25, 0.3) is 0 Å². The van der Waals surface area contributed by atoms with Crippen LogP contribution in [0.2, 0.25) is 0 Å². The average molecular weight is 502 g/mol. The van der Waals surface area contributed by atoms with Gasteiger partial charge in [0.25, 0.3) is 0 Å². The highest BCUT2D eigenvalue weighted by Crippen LogP contribution is 2.53. The quantitative estimate of drug-likeness (QED) is 0.427. The summed E-state index contributed by atoms with van der Waals surface area (Å²) in [5.74, 6) is -4.32. The maximum atomic E-state index is 10.3. The largest absolute Gasteiger partial charge is 0.481 e. The topological polar surface area (TPSA) is 153 Å². The first kappa shape index (κ1) is 27.3. The Bertz CT molecular complexity index is 1060. The van der Waals surface area contributed by atoms with Crippen molar-refractivity contribution in [2.75, 3.05) is 13.1 Å². The summed E-state index contributed by atoms with van der Waals surface area (Å²) in [7, 11) is 2.04. The molecular formula is C26H35N3O7. The second-order valence-electron chi connectivity index (χ2n) is 10.1. The molecule has 2 aliphatic rings. The van der Waals surface area contributed by atoms with Crippen LogP contribution in [-0.4, -0.2) is 71.7 Å². The predicted octanol–water partition coefficient (Wildman–Crippen LogP) is 2.64. The summed E-state index contributed by atoms with van der Waals surface area (Å²) >= 11 is 0. The SMILES string of the molecule is Cc1c(CN2CC(c3ccccc3)C3(CCCC3)C2)cnn1C.O=C(O)CC(O)(CC(=O)O)C(=O)O. The van der Waals surface area contributed by atoms with Crippen LogP contribution in [0.5, 0.6) is 0 Å². The highest BCUT2D eigenvalue weighted by Gasteiger charge is 2.48. The lowest BCUT2D eigenvalue weighted by Gasteiger charge is -2.30. The number of hydrogen-bond acceptors (Lipinski definition) is 6. The van der Waals surface area contributed by atoms with Crippen LogP contribution in [0.3, 0.4) is 0 Å². The van der Waals surface area contributed by atoms with Crippen molar-refractivity contribution in [3.05, 3.63) is 53.3 Å². The van der Waals surface area contributed by atoms with Gasteiger partial charge in [0.1, 0.15) is 0 Å². The molecule has 10 nitrogen and oxygen atoms in total. The first-order valence-electron chi connectivity index (χ1n) is 12.1. The molecule has 1 spiro atoms. The number of carboxylic acids is 3. The molecule has 1 aromatic carbocycles. The van der Waals surface area contributed by atoms with Crippen molar-refractivity contribution in [3.8, 4) is 0 Å². The zero-order valence-corrected chi connectivity index (χ0v) is 20.8. The summed E-state index contributed by atoms with van der Waals surface area (Å²) in [6.45, 7) is 5.67. The highest BCUT2D eigenvalue weighted by atomic mass is 16.4. The molecule has 0 bridgehead atoms. The van der Waals surface area contributed by atoms with Gasteiger partial charge in [0, 0.05) is 43.9 Å². The van der Waals surface area contributed by atoms with E-state index in [9.17, 15) is 14.4 Å². The number of rotatable bonds is 8. The normalized spacial score (nSPS) is 19.1. The zero-order chi connectivity index (χ0) is 26.5. The summed E-state index contributed by atoms with van der Waals surface area (Å²) in [6.07, 6.45) is 5.37. The van der Waals surface area contributed by atoms with Crippen LogP contribution in [0.15, 0.2) is 36.5 Å². The molecule has 0 amide bonds. The third kappa shape index (κ3) is 6.30. The Balaban J connectivity index is 0.000000240. The van der Waals surface area contributed by atoms with Crippen LogP contribution in [-0.2, 0) is 28.0 Å². The lowest BCUT2D eigenvalue weighted by molar-refractivity contribution is -0.170. The minimum Gasteiger partial charge on any atom is -0.481 e. The molecule has 1 aliphatic carbocycles. The van der Waals surface area contributed by atoms with E-state index in [0.29, 0.717) is 11.3 Å². The molecule has 2 fully saturated rings. The van der Waals surface area contributed by atoms with E-state index in [0.717, 1.165) is 6.54 Å². The summed E-state index contributed by atoms with van der Waals surface area (Å²) in [5.41, 5.74) is 2.00. The van der Waals surface area contributed by atoms with Gasteiger partial charge >= 0.3 is 17.9 Å². The van der Waals surface area contributed by atoms with Crippen molar-refractivity contribution < 1.29 is 34.8 Å². The van der Waals surface area contributed by atoms with Gasteiger partial charge in [0.05, 0.1) is 19.0 Å². The van der Waals surface area contributed by atoms with Crippen LogP contribution in [0, 0.1) is 12.3 Å². The standard InChI is InChI=1S/C20H27N3.C6H8O7/c1-16-18(12-21-22(16)2)13-23-14-19(17-8-4-3-5-9-17)20(15-23)10-6-7-11-20;7-3(8)1-6(13,5(11)12)2-4(9)10/h3-5,8-9,12,19H,6-7,10-11,13-15H2,1-2H3;13H,1-2H2,(H,7,8)(H,9,10)(H,11,12). The first-order chi connectivity index (χ1) is 17.0. The Labute approximate surface area is 210 Å². The summed E-state index contributed by atoms with van der Waals surface area (Å²) in [6, 6.07) is 11.2. The third-order valence-corrected chi connectivity index (χ3v) is 7.54. The molecule has 1 atom stereocenters. The molecule has 1 saturated heterocycles. The number of aromatic nitrogens is 2. The second kappa shape index (κ2) is 11.2. The van der Waals surface area contributed by atoms with E-state index >= 15 is 0 Å². The Morgan fingerprint density at radius 3 is 2.11 bits per heavy atom. The maximum Gasteiger partial charge on any atom is 0.336 e. The fourth-order valence-corrected chi connectivity index (χ4v) is 5.58. The number of hydrogen-bond donors (Lipinski definition) is 4. The van der Waals surface area contributed by atoms with E-state index in [-0.39, 0.29) is 0 Å². The lowest BCUT2D eigenvalue weighted by atomic mass is 9.73. The van der Waals surface area contributed by atoms with Crippen molar-refractivity contribution in [1.29, 1.82) is 0 Å². The second-order valence-corrected chi connectivity index (χ2v) is 10.1. The van der Waals surface area contributed by atoms with Crippen LogP contribution in [0.1, 0.15) is 61.3 Å². The van der Waals surface area contributed by atoms with E-state index < -0.39 is 36.4 Å². The zero-order valence-electron chi connectivity index (χ0n) is 20.8. The Morgan fingerprint density at radius 2 is 1.64 bits per heavy atom. The van der Waals surface area contributed by atoms with Crippen molar-refractivity contribution in [2.45, 2.75) is 63.5 Å². The van der Waals surface area contributed by atoms with Gasteiger partial charge in [-0.05, 0) is 30.7 Å². The van der Waals surface area contributed by atoms with Crippen molar-refractivity contribution in [2.24, 2.45) is 12.5 Å². The Kier molecular flexibility index (Phi) is 8.52. The fourth-order valence-electron chi connectivity index (χ4n) is 5.58. The molecular weight excluding hydrogens is 466 g/mol. The molecule has 2 aromatic rings. The summed E-state index contributed by atoms with van der Waals surface area (Å²) < 4.78 is 1.99. The van der Waals surface area contributed by atoms with Gasteiger partial charge in [-0.3, -0.25) is 19.2 Å². The molecule has 4 rings (SSSR count). The van der Waals surface area contributed by atoms with Gasteiger partial charge in [-0.15, -0.1) is 0 Å². The molecule has 4 N–H and O–H groups in total. The third-order valence-electron chi connectivity index (χ3n) is 7.54. The van der Waals surface area contributed by atoms with E-state index in [1.807, 2.05) is 17.9 Å². The van der Waals surface area contributed by atoms with E-state index in [4.69, 9.17) is 20.4 Å². The number of carbonyl (C=O) groups is 3. The molecule has 1 aromatic heterocycles. The van der Waals surface area contributed by atoms with Gasteiger partial charge in [-0.1, -0.05) is 43.2 Å². The monoisotopic (exact) mass is 501 g/mol. The lowest BCUT2D eigenvalue weighted by Crippen LogP contribution is -2.42. The molecule has 36 heavy (non-hydrogen) atoms. The highest BCUT2D eigenvalue weighted by molar-refractivity contribution is 5.88. The molecule has 1 saturated carbocycles. The molecule has 2 heterocycles. The van der Waals surface area contributed by atoms with Crippen LogP contribution in [0.4, 0.5) is 0 Å².